The molecule has 0 radical (unpaired) electrons. The van der Waals surface area contributed by atoms with E-state index in [1.807, 2.05) is 38.1 Å². The smallest absolute Gasteiger partial charge is 0.266 e. The van der Waals surface area contributed by atoms with E-state index >= 15 is 0 Å². The summed E-state index contributed by atoms with van der Waals surface area (Å²) in [6.07, 6.45) is 0. The lowest BCUT2D eigenvalue weighted by atomic mass is 10.2. The Kier molecular flexibility index (Phi) is 5.58. The second-order valence-electron chi connectivity index (χ2n) is 6.53. The molecule has 1 aromatic heterocycles. The van der Waals surface area contributed by atoms with E-state index in [2.05, 4.69) is 4.98 Å². The minimum absolute atomic E-state index is 0.0452. The molecule has 1 atom stereocenters. The third-order valence-electron chi connectivity index (χ3n) is 4.13. The lowest BCUT2D eigenvalue weighted by molar-refractivity contribution is -0.127. The quantitative estimate of drug-likeness (QED) is 0.491. The molecule has 5 nitrogen and oxygen atoms in total. The fourth-order valence-corrected chi connectivity index (χ4v) is 4.02. The van der Waals surface area contributed by atoms with Gasteiger partial charge < -0.3 is 4.90 Å². The minimum atomic E-state index is -0.389. The largest absolute Gasteiger partial charge is 0.348 e. The van der Waals surface area contributed by atoms with Gasteiger partial charge in [0, 0.05) is 19.1 Å². The van der Waals surface area contributed by atoms with Crippen LogP contribution in [0.5, 0.6) is 0 Å². The van der Waals surface area contributed by atoms with Gasteiger partial charge in [0.25, 0.3) is 5.56 Å². The highest BCUT2D eigenvalue weighted by Crippen LogP contribution is 2.27. The van der Waals surface area contributed by atoms with E-state index in [-0.39, 0.29) is 16.7 Å². The summed E-state index contributed by atoms with van der Waals surface area (Å²) in [6, 6.07) is 12.7. The van der Waals surface area contributed by atoms with E-state index in [0.29, 0.717) is 21.1 Å². The summed E-state index contributed by atoms with van der Waals surface area (Å²) in [7, 11) is 3.42. The van der Waals surface area contributed by atoms with Crippen molar-refractivity contribution < 1.29 is 4.79 Å². The summed E-state index contributed by atoms with van der Waals surface area (Å²) in [5.41, 5.74) is 2.08. The van der Waals surface area contributed by atoms with Crippen molar-refractivity contribution in [1.29, 1.82) is 0 Å². The Morgan fingerprint density at radius 2 is 1.96 bits per heavy atom. The zero-order valence-corrected chi connectivity index (χ0v) is 17.1. The Bertz CT molecular complexity index is 1080. The average molecular weight is 402 g/mol. The SMILES string of the molecule is Cc1cccc(-n2c(S[C@H](C)C(=O)N(C)C)nc3cc(Cl)ccc3c2=O)c1. The molecule has 0 aliphatic carbocycles. The lowest BCUT2D eigenvalue weighted by Gasteiger charge is -2.19. The summed E-state index contributed by atoms with van der Waals surface area (Å²) in [4.78, 5) is 31.7. The molecule has 0 saturated heterocycles. The number of amides is 1. The molecule has 7 heteroatoms. The molecule has 140 valence electrons. The van der Waals surface area contributed by atoms with Crippen LogP contribution in [-0.2, 0) is 4.79 Å². The van der Waals surface area contributed by atoms with Gasteiger partial charge in [-0.2, -0.15) is 0 Å². The van der Waals surface area contributed by atoms with E-state index < -0.39 is 0 Å². The van der Waals surface area contributed by atoms with Crippen molar-refractivity contribution in [3.63, 3.8) is 0 Å². The number of hydrogen-bond acceptors (Lipinski definition) is 4. The number of halogens is 1. The molecule has 1 amide bonds. The van der Waals surface area contributed by atoms with Crippen molar-refractivity contribution in [2.75, 3.05) is 14.1 Å². The van der Waals surface area contributed by atoms with Gasteiger partial charge in [-0.25, -0.2) is 4.98 Å². The number of carbonyl (C=O) groups is 1. The van der Waals surface area contributed by atoms with Crippen molar-refractivity contribution in [2.24, 2.45) is 0 Å². The predicted molar refractivity (Wildman–Crippen MR) is 111 cm³/mol. The average Bonchev–Trinajstić information content (AvgIpc) is 2.60. The maximum Gasteiger partial charge on any atom is 0.266 e. The lowest BCUT2D eigenvalue weighted by Crippen LogP contribution is -2.31. The molecule has 0 spiro atoms. The highest BCUT2D eigenvalue weighted by Gasteiger charge is 2.21. The molecule has 0 aliphatic heterocycles. The molecule has 0 aliphatic rings. The van der Waals surface area contributed by atoms with E-state index in [1.54, 1.807) is 36.9 Å². The molecule has 0 bridgehead atoms. The predicted octanol–water partition coefficient (Wildman–Crippen LogP) is 3.92. The van der Waals surface area contributed by atoms with Crippen LogP contribution in [0.4, 0.5) is 0 Å². The van der Waals surface area contributed by atoms with E-state index in [0.717, 1.165) is 11.3 Å². The fraction of sp³-hybridized carbons (Fsp3) is 0.250. The van der Waals surface area contributed by atoms with Gasteiger partial charge >= 0.3 is 0 Å². The molecule has 1 heterocycles. The molecule has 3 rings (SSSR count). The van der Waals surface area contributed by atoms with Crippen molar-refractivity contribution in [3.8, 4) is 5.69 Å². The molecule has 2 aromatic carbocycles. The van der Waals surface area contributed by atoms with Crippen LogP contribution in [-0.4, -0.2) is 39.7 Å². The summed E-state index contributed by atoms with van der Waals surface area (Å²) in [6.45, 7) is 3.77. The van der Waals surface area contributed by atoms with Gasteiger partial charge in [0.05, 0.1) is 21.8 Å². The first-order chi connectivity index (χ1) is 12.8. The normalized spacial score (nSPS) is 12.2. The number of fused-ring (bicyclic) bond motifs is 1. The van der Waals surface area contributed by atoms with Crippen LogP contribution in [0, 0.1) is 6.92 Å². The summed E-state index contributed by atoms with van der Waals surface area (Å²) < 4.78 is 1.56. The molecule has 0 N–H and O–H groups in total. The van der Waals surface area contributed by atoms with Gasteiger partial charge in [0.15, 0.2) is 5.16 Å². The topological polar surface area (TPSA) is 55.2 Å². The number of carbonyl (C=O) groups excluding carboxylic acids is 1. The first-order valence-corrected chi connectivity index (χ1v) is 9.71. The number of hydrogen-bond donors (Lipinski definition) is 0. The van der Waals surface area contributed by atoms with Gasteiger partial charge in [-0.15, -0.1) is 0 Å². The van der Waals surface area contributed by atoms with Crippen molar-refractivity contribution in [3.05, 3.63) is 63.4 Å². The van der Waals surface area contributed by atoms with Crippen molar-refractivity contribution in [1.82, 2.24) is 14.5 Å². The van der Waals surface area contributed by atoms with E-state index in [4.69, 9.17) is 11.6 Å². The summed E-state index contributed by atoms with van der Waals surface area (Å²) in [5, 5.41) is 1.07. The third-order valence-corrected chi connectivity index (χ3v) is 5.41. The van der Waals surface area contributed by atoms with E-state index in [1.165, 1.54) is 16.7 Å². The second-order valence-corrected chi connectivity index (χ2v) is 8.27. The first kappa shape index (κ1) is 19.5. The highest BCUT2D eigenvalue weighted by atomic mass is 35.5. The maximum atomic E-state index is 13.2. The second kappa shape index (κ2) is 7.74. The Labute approximate surface area is 167 Å². The fourth-order valence-electron chi connectivity index (χ4n) is 2.78. The number of rotatable bonds is 4. The van der Waals surface area contributed by atoms with Crippen LogP contribution in [0.2, 0.25) is 5.02 Å². The first-order valence-electron chi connectivity index (χ1n) is 8.45. The zero-order chi connectivity index (χ0) is 19.7. The van der Waals surface area contributed by atoms with Crippen LogP contribution < -0.4 is 5.56 Å². The number of thioether (sulfide) groups is 1. The summed E-state index contributed by atoms with van der Waals surface area (Å²) >= 11 is 7.34. The van der Waals surface area contributed by atoms with Gasteiger partial charge in [-0.3, -0.25) is 14.2 Å². The molecule has 0 saturated carbocycles. The van der Waals surface area contributed by atoms with E-state index in [9.17, 15) is 9.59 Å². The van der Waals surface area contributed by atoms with Gasteiger partial charge in [-0.1, -0.05) is 35.5 Å². The molecular formula is C20H20ClN3O2S. The van der Waals surface area contributed by atoms with Crippen molar-refractivity contribution >= 4 is 40.2 Å². The molecule has 0 unspecified atom stereocenters. The molecule has 3 aromatic rings. The highest BCUT2D eigenvalue weighted by molar-refractivity contribution is 8.00. The Morgan fingerprint density at radius 1 is 1.22 bits per heavy atom. The minimum Gasteiger partial charge on any atom is -0.348 e. The standard InChI is InChI=1S/C20H20ClN3O2S/c1-12-6-5-7-15(10-12)24-19(26)16-9-8-14(21)11-17(16)22-20(24)27-13(2)18(25)23(3)4/h5-11,13H,1-4H3/t13-/m1/s1. The third kappa shape index (κ3) is 4.01. The number of aryl methyl sites for hydroxylation is 1. The molecular weight excluding hydrogens is 382 g/mol. The van der Waals surface area contributed by atoms with Crippen LogP contribution >= 0.6 is 23.4 Å². The zero-order valence-electron chi connectivity index (χ0n) is 15.6. The molecule has 0 fully saturated rings. The molecule has 27 heavy (non-hydrogen) atoms. The maximum absolute atomic E-state index is 13.2. The Hall–Kier alpha value is -2.31. The Morgan fingerprint density at radius 3 is 2.63 bits per heavy atom. The summed E-state index contributed by atoms with van der Waals surface area (Å²) in [5.74, 6) is -0.0452. The van der Waals surface area contributed by atoms with Crippen LogP contribution in [0.15, 0.2) is 52.4 Å². The number of nitrogens with zero attached hydrogens (tertiary/aromatic N) is 3. The van der Waals surface area contributed by atoms with Crippen LogP contribution in [0.1, 0.15) is 12.5 Å². The monoisotopic (exact) mass is 401 g/mol. The van der Waals surface area contributed by atoms with Gasteiger partial charge in [0.2, 0.25) is 5.91 Å². The van der Waals surface area contributed by atoms with Crippen molar-refractivity contribution in [2.45, 2.75) is 24.3 Å². The van der Waals surface area contributed by atoms with Crippen LogP contribution in [0.25, 0.3) is 16.6 Å². The van der Waals surface area contributed by atoms with Gasteiger partial charge in [-0.05, 0) is 49.7 Å². The number of aromatic nitrogens is 2. The Balaban J connectivity index is 2.24. The number of benzene rings is 2. The van der Waals surface area contributed by atoms with Gasteiger partial charge in [0.1, 0.15) is 0 Å². The van der Waals surface area contributed by atoms with Crippen LogP contribution in [0.3, 0.4) is 0 Å².